The van der Waals surface area contributed by atoms with Gasteiger partial charge < -0.3 is 15.8 Å². The van der Waals surface area contributed by atoms with Crippen molar-refractivity contribution in [3.8, 4) is 5.75 Å². The topological polar surface area (TPSA) is 77.2 Å². The maximum atomic E-state index is 12.1. The number of nitrogens with zero attached hydrogens (tertiary/aromatic N) is 1. The Hall–Kier alpha value is -2.29. The van der Waals surface area contributed by atoms with Crippen LogP contribution in [0, 0.1) is 0 Å². The standard InChI is InChI=1S/C13H9BrF3N3O2/c14-8-2-4-11(19-6-8)20-12(21)7-1-3-10(9(18)5-7)22-13(15,16)17/h1-6H,18H2,(H,19,20,21). The van der Waals surface area contributed by atoms with Crippen LogP contribution in [0.15, 0.2) is 41.0 Å². The molecule has 0 fully saturated rings. The molecule has 116 valence electrons. The molecule has 0 aliphatic rings. The molecule has 0 saturated carbocycles. The summed E-state index contributed by atoms with van der Waals surface area (Å²) < 4.78 is 40.9. The molecular weight excluding hydrogens is 367 g/mol. The first-order valence-electron chi connectivity index (χ1n) is 5.83. The second-order valence-corrected chi connectivity index (χ2v) is 5.03. The van der Waals surface area contributed by atoms with Crippen LogP contribution in [-0.2, 0) is 0 Å². The number of carbonyl (C=O) groups is 1. The molecule has 1 amide bonds. The number of carbonyl (C=O) groups excluding carboxylic acids is 1. The van der Waals surface area contributed by atoms with Crippen molar-refractivity contribution < 1.29 is 22.7 Å². The van der Waals surface area contributed by atoms with Crippen molar-refractivity contribution >= 4 is 33.3 Å². The van der Waals surface area contributed by atoms with Gasteiger partial charge in [0.25, 0.3) is 5.91 Å². The first-order valence-corrected chi connectivity index (χ1v) is 6.62. The summed E-state index contributed by atoms with van der Waals surface area (Å²) in [7, 11) is 0. The molecule has 5 nitrogen and oxygen atoms in total. The number of alkyl halides is 3. The van der Waals surface area contributed by atoms with E-state index in [0.717, 1.165) is 16.6 Å². The zero-order valence-electron chi connectivity index (χ0n) is 10.8. The first-order chi connectivity index (χ1) is 10.2. The fourth-order valence-corrected chi connectivity index (χ4v) is 1.78. The molecule has 9 heteroatoms. The number of rotatable bonds is 3. The van der Waals surface area contributed by atoms with Gasteiger partial charge in [-0.05, 0) is 46.3 Å². The van der Waals surface area contributed by atoms with E-state index in [2.05, 4.69) is 31.0 Å². The highest BCUT2D eigenvalue weighted by Crippen LogP contribution is 2.29. The van der Waals surface area contributed by atoms with E-state index in [-0.39, 0.29) is 11.3 Å². The van der Waals surface area contributed by atoms with Crippen LogP contribution in [0.25, 0.3) is 0 Å². The molecular formula is C13H9BrF3N3O2. The van der Waals surface area contributed by atoms with Crippen LogP contribution < -0.4 is 15.8 Å². The minimum Gasteiger partial charge on any atom is -0.404 e. The van der Waals surface area contributed by atoms with E-state index in [9.17, 15) is 18.0 Å². The van der Waals surface area contributed by atoms with E-state index in [1.807, 2.05) is 0 Å². The summed E-state index contributed by atoms with van der Waals surface area (Å²) in [5, 5.41) is 2.49. The van der Waals surface area contributed by atoms with Crippen molar-refractivity contribution in [2.24, 2.45) is 0 Å². The van der Waals surface area contributed by atoms with E-state index in [4.69, 9.17) is 5.73 Å². The Balaban J connectivity index is 2.13. The Bertz CT molecular complexity index is 690. The lowest BCUT2D eigenvalue weighted by atomic mass is 10.1. The number of anilines is 2. The fraction of sp³-hybridized carbons (Fsp3) is 0.0769. The third-order valence-corrected chi connectivity index (χ3v) is 2.94. The average Bonchev–Trinajstić information content (AvgIpc) is 2.42. The Morgan fingerprint density at radius 2 is 2.00 bits per heavy atom. The second kappa shape index (κ2) is 6.22. The molecule has 0 bridgehead atoms. The van der Waals surface area contributed by atoms with E-state index < -0.39 is 18.0 Å². The van der Waals surface area contributed by atoms with Crippen molar-refractivity contribution in [1.82, 2.24) is 4.98 Å². The highest BCUT2D eigenvalue weighted by Gasteiger charge is 2.32. The summed E-state index contributed by atoms with van der Waals surface area (Å²) in [4.78, 5) is 15.9. The number of pyridine rings is 1. The zero-order chi connectivity index (χ0) is 16.3. The smallest absolute Gasteiger partial charge is 0.404 e. The summed E-state index contributed by atoms with van der Waals surface area (Å²) in [6.45, 7) is 0. The number of benzene rings is 1. The Morgan fingerprint density at radius 1 is 1.27 bits per heavy atom. The van der Waals surface area contributed by atoms with Gasteiger partial charge in [0.2, 0.25) is 0 Å². The predicted molar refractivity (Wildman–Crippen MR) is 77.4 cm³/mol. The van der Waals surface area contributed by atoms with Crippen molar-refractivity contribution in [3.05, 3.63) is 46.6 Å². The van der Waals surface area contributed by atoms with Gasteiger partial charge in [0.1, 0.15) is 5.82 Å². The van der Waals surface area contributed by atoms with Gasteiger partial charge in [0, 0.05) is 16.2 Å². The number of halogens is 4. The first kappa shape index (κ1) is 16.1. The molecule has 0 saturated heterocycles. The third kappa shape index (κ3) is 4.35. The van der Waals surface area contributed by atoms with Crippen LogP contribution in [-0.4, -0.2) is 17.3 Å². The van der Waals surface area contributed by atoms with Crippen LogP contribution in [0.1, 0.15) is 10.4 Å². The van der Waals surface area contributed by atoms with Gasteiger partial charge in [-0.2, -0.15) is 0 Å². The molecule has 0 atom stereocenters. The SMILES string of the molecule is Nc1cc(C(=O)Nc2ccc(Br)cn2)ccc1OC(F)(F)F. The average molecular weight is 376 g/mol. The highest BCUT2D eigenvalue weighted by atomic mass is 79.9. The van der Waals surface area contributed by atoms with Crippen molar-refractivity contribution in [2.45, 2.75) is 6.36 Å². The third-order valence-electron chi connectivity index (χ3n) is 2.47. The monoisotopic (exact) mass is 375 g/mol. The number of aromatic nitrogens is 1. The lowest BCUT2D eigenvalue weighted by Gasteiger charge is -2.12. The predicted octanol–water partition coefficient (Wildman–Crippen LogP) is 3.58. The Labute approximate surface area is 131 Å². The molecule has 1 aromatic carbocycles. The number of hydrogen-bond acceptors (Lipinski definition) is 4. The van der Waals surface area contributed by atoms with Crippen LogP contribution in [0.5, 0.6) is 5.75 Å². The normalized spacial score (nSPS) is 11.1. The molecule has 0 aliphatic heterocycles. The van der Waals surface area contributed by atoms with Crippen molar-refractivity contribution in [2.75, 3.05) is 11.1 Å². The minimum absolute atomic E-state index is 0.0803. The fourth-order valence-electron chi connectivity index (χ4n) is 1.55. The van der Waals surface area contributed by atoms with Crippen molar-refractivity contribution in [3.63, 3.8) is 0 Å². The Morgan fingerprint density at radius 3 is 2.55 bits per heavy atom. The number of amides is 1. The second-order valence-electron chi connectivity index (χ2n) is 4.12. The molecule has 0 spiro atoms. The van der Waals surface area contributed by atoms with Gasteiger partial charge in [-0.1, -0.05) is 0 Å². The summed E-state index contributed by atoms with van der Waals surface area (Å²) in [6.07, 6.45) is -3.36. The van der Waals surface area contributed by atoms with Gasteiger partial charge in [-0.3, -0.25) is 4.79 Å². The van der Waals surface area contributed by atoms with Gasteiger partial charge in [-0.25, -0.2) is 4.98 Å². The summed E-state index contributed by atoms with van der Waals surface area (Å²) in [5.41, 5.74) is 5.24. The van der Waals surface area contributed by atoms with Crippen molar-refractivity contribution in [1.29, 1.82) is 0 Å². The summed E-state index contributed by atoms with van der Waals surface area (Å²) in [5.74, 6) is -0.826. The molecule has 0 radical (unpaired) electrons. The van der Waals surface area contributed by atoms with Crippen LogP contribution in [0.4, 0.5) is 24.7 Å². The molecule has 1 aromatic heterocycles. The number of nitrogens with one attached hydrogen (secondary N) is 1. The number of hydrogen-bond donors (Lipinski definition) is 2. The summed E-state index contributed by atoms with van der Waals surface area (Å²) in [6, 6.07) is 6.48. The molecule has 2 rings (SSSR count). The largest absolute Gasteiger partial charge is 0.573 e. The van der Waals surface area contributed by atoms with E-state index >= 15 is 0 Å². The zero-order valence-corrected chi connectivity index (χ0v) is 12.4. The van der Waals surface area contributed by atoms with Crippen LogP contribution >= 0.6 is 15.9 Å². The van der Waals surface area contributed by atoms with E-state index in [0.29, 0.717) is 5.82 Å². The quantitative estimate of drug-likeness (QED) is 0.803. The van der Waals surface area contributed by atoms with Gasteiger partial charge in [-0.15, -0.1) is 13.2 Å². The lowest BCUT2D eigenvalue weighted by Crippen LogP contribution is -2.18. The maximum absolute atomic E-state index is 12.1. The van der Waals surface area contributed by atoms with Gasteiger partial charge in [0.05, 0.1) is 5.69 Å². The summed E-state index contributed by atoms with van der Waals surface area (Å²) >= 11 is 3.20. The number of nitrogens with two attached hydrogens (primary N) is 1. The van der Waals surface area contributed by atoms with Crippen LogP contribution in [0.2, 0.25) is 0 Å². The molecule has 0 aliphatic carbocycles. The molecule has 2 aromatic rings. The van der Waals surface area contributed by atoms with Crippen LogP contribution in [0.3, 0.4) is 0 Å². The molecule has 3 N–H and O–H groups in total. The number of nitrogen functional groups attached to an aromatic ring is 1. The maximum Gasteiger partial charge on any atom is 0.573 e. The van der Waals surface area contributed by atoms with Gasteiger partial charge in [0.15, 0.2) is 5.75 Å². The van der Waals surface area contributed by atoms with Gasteiger partial charge >= 0.3 is 6.36 Å². The molecule has 0 unspecified atom stereocenters. The van der Waals surface area contributed by atoms with E-state index in [1.54, 1.807) is 12.1 Å². The van der Waals surface area contributed by atoms with E-state index in [1.165, 1.54) is 12.3 Å². The lowest BCUT2D eigenvalue weighted by molar-refractivity contribution is -0.274. The minimum atomic E-state index is -4.85. The molecule has 22 heavy (non-hydrogen) atoms. The highest BCUT2D eigenvalue weighted by molar-refractivity contribution is 9.10. The molecule has 1 heterocycles. The Kier molecular flexibility index (Phi) is 4.55. The number of ether oxygens (including phenoxy) is 1.